The van der Waals surface area contributed by atoms with Gasteiger partial charge in [-0.15, -0.1) is 0 Å². The molecule has 2 aromatic carbocycles. The van der Waals surface area contributed by atoms with E-state index in [-0.39, 0.29) is 17.7 Å². The van der Waals surface area contributed by atoms with Crippen LogP contribution in [0.15, 0.2) is 48.5 Å². The molecule has 28 heavy (non-hydrogen) atoms. The van der Waals surface area contributed by atoms with Gasteiger partial charge in [0.15, 0.2) is 0 Å². The minimum Gasteiger partial charge on any atom is -0.491 e. The molecule has 0 bridgehead atoms. The molecule has 3 rings (SSSR count). The van der Waals surface area contributed by atoms with E-state index in [0.717, 1.165) is 49.1 Å². The number of nitrogens with one attached hydrogen (secondary N) is 1. The van der Waals surface area contributed by atoms with Gasteiger partial charge in [-0.25, -0.2) is 0 Å². The van der Waals surface area contributed by atoms with Gasteiger partial charge < -0.3 is 10.1 Å². The van der Waals surface area contributed by atoms with E-state index in [0.29, 0.717) is 0 Å². The zero-order chi connectivity index (χ0) is 20.1. The molecule has 0 heterocycles. The first-order valence-electron chi connectivity index (χ1n) is 9.78. The lowest BCUT2D eigenvalue weighted by Gasteiger charge is -2.28. The summed E-state index contributed by atoms with van der Waals surface area (Å²) in [4.78, 5) is 23.7. The van der Waals surface area contributed by atoms with E-state index in [2.05, 4.69) is 12.2 Å². The normalized spacial score (nSPS) is 16.4. The van der Waals surface area contributed by atoms with Crippen LogP contribution in [0, 0.1) is 10.1 Å². The Morgan fingerprint density at radius 2 is 1.75 bits per heavy atom. The van der Waals surface area contributed by atoms with Crippen LogP contribution in [0.1, 0.15) is 51.5 Å². The van der Waals surface area contributed by atoms with Gasteiger partial charge in [0.25, 0.3) is 5.69 Å². The molecule has 0 aliphatic heterocycles. The second kappa shape index (κ2) is 8.42. The Bertz CT molecular complexity index is 825. The van der Waals surface area contributed by atoms with Crippen molar-refractivity contribution in [3.05, 3.63) is 64.2 Å². The average molecular weight is 382 g/mol. The van der Waals surface area contributed by atoms with Crippen LogP contribution >= 0.6 is 0 Å². The number of benzene rings is 2. The van der Waals surface area contributed by atoms with Crippen molar-refractivity contribution in [2.24, 2.45) is 0 Å². The number of hydrogen-bond acceptors (Lipinski definition) is 4. The lowest BCUT2D eigenvalue weighted by Crippen LogP contribution is -2.38. The van der Waals surface area contributed by atoms with Gasteiger partial charge in [-0.3, -0.25) is 14.9 Å². The molecule has 1 saturated carbocycles. The molecule has 1 aliphatic carbocycles. The Kier molecular flexibility index (Phi) is 5.97. The smallest absolute Gasteiger partial charge is 0.269 e. The minimum atomic E-state index is -0.638. The monoisotopic (exact) mass is 382 g/mol. The van der Waals surface area contributed by atoms with Gasteiger partial charge in [0.2, 0.25) is 5.91 Å². The lowest BCUT2D eigenvalue weighted by atomic mass is 9.78. The van der Waals surface area contributed by atoms with Gasteiger partial charge in [-0.2, -0.15) is 0 Å². The number of ether oxygens (including phenoxy) is 1. The first kappa shape index (κ1) is 19.9. The third-order valence-electron chi connectivity index (χ3n) is 5.55. The predicted molar refractivity (Wildman–Crippen MR) is 109 cm³/mol. The van der Waals surface area contributed by atoms with E-state index in [1.807, 2.05) is 31.2 Å². The molecule has 148 valence electrons. The summed E-state index contributed by atoms with van der Waals surface area (Å²) in [5.74, 6) is 0.716. The second-order valence-corrected chi connectivity index (χ2v) is 7.41. The zero-order valence-corrected chi connectivity index (χ0v) is 16.3. The van der Waals surface area contributed by atoms with Crippen LogP contribution in [0.3, 0.4) is 0 Å². The quantitative estimate of drug-likeness (QED) is 0.525. The van der Waals surface area contributed by atoms with Crippen molar-refractivity contribution >= 4 is 17.3 Å². The maximum atomic E-state index is 13.2. The summed E-state index contributed by atoms with van der Waals surface area (Å²) in [7, 11) is 0. The van der Waals surface area contributed by atoms with Gasteiger partial charge >= 0.3 is 0 Å². The van der Waals surface area contributed by atoms with Crippen LogP contribution in [-0.4, -0.2) is 16.9 Å². The summed E-state index contributed by atoms with van der Waals surface area (Å²) in [6.07, 6.45) is 4.48. The van der Waals surface area contributed by atoms with Crippen molar-refractivity contribution < 1.29 is 14.5 Å². The number of rotatable bonds is 7. The van der Waals surface area contributed by atoms with Gasteiger partial charge in [0.05, 0.1) is 16.4 Å². The summed E-state index contributed by atoms with van der Waals surface area (Å²) >= 11 is 0. The van der Waals surface area contributed by atoms with Crippen LogP contribution in [0.4, 0.5) is 11.4 Å². The maximum Gasteiger partial charge on any atom is 0.269 e. The van der Waals surface area contributed by atoms with Crippen molar-refractivity contribution in [2.45, 2.75) is 57.5 Å². The number of nitro groups is 1. The summed E-state index contributed by atoms with van der Waals surface area (Å²) in [5.41, 5.74) is 0.954. The van der Waals surface area contributed by atoms with Crippen LogP contribution in [-0.2, 0) is 10.2 Å². The number of carbonyl (C=O) groups excluding carboxylic acids is 1. The van der Waals surface area contributed by atoms with Crippen LogP contribution < -0.4 is 10.1 Å². The molecule has 6 heteroatoms. The van der Waals surface area contributed by atoms with E-state index >= 15 is 0 Å². The maximum absolute atomic E-state index is 13.2. The molecule has 1 fully saturated rings. The summed E-state index contributed by atoms with van der Waals surface area (Å²) in [6.45, 7) is 4.09. The highest BCUT2D eigenvalue weighted by atomic mass is 16.6. The van der Waals surface area contributed by atoms with Crippen molar-refractivity contribution in [3.8, 4) is 5.75 Å². The Labute approximate surface area is 165 Å². The molecule has 0 aromatic heterocycles. The number of nitrogens with zero attached hydrogens (tertiary/aromatic N) is 1. The number of nitro benzene ring substituents is 1. The van der Waals surface area contributed by atoms with Crippen LogP contribution in [0.25, 0.3) is 0 Å². The third kappa shape index (κ3) is 4.16. The number of anilines is 1. The molecule has 1 unspecified atom stereocenters. The molecule has 0 saturated heterocycles. The van der Waals surface area contributed by atoms with E-state index in [1.54, 1.807) is 12.1 Å². The largest absolute Gasteiger partial charge is 0.491 e. The van der Waals surface area contributed by atoms with Gasteiger partial charge in [0, 0.05) is 17.8 Å². The summed E-state index contributed by atoms with van der Waals surface area (Å²) < 4.78 is 5.78. The Hall–Kier alpha value is -2.89. The molecule has 1 N–H and O–H groups in total. The second-order valence-electron chi connectivity index (χ2n) is 7.41. The van der Waals surface area contributed by atoms with E-state index in [9.17, 15) is 14.9 Å². The van der Waals surface area contributed by atoms with E-state index < -0.39 is 10.3 Å². The Morgan fingerprint density at radius 1 is 1.14 bits per heavy atom. The van der Waals surface area contributed by atoms with Gasteiger partial charge in [-0.1, -0.05) is 31.9 Å². The number of carbonyl (C=O) groups is 1. The van der Waals surface area contributed by atoms with Crippen molar-refractivity contribution in [3.63, 3.8) is 0 Å². The fourth-order valence-corrected chi connectivity index (χ4v) is 3.71. The van der Waals surface area contributed by atoms with Gasteiger partial charge in [0.1, 0.15) is 5.75 Å². The molecule has 6 nitrogen and oxygen atoms in total. The topological polar surface area (TPSA) is 81.5 Å². The Morgan fingerprint density at radius 3 is 2.29 bits per heavy atom. The average Bonchev–Trinajstić information content (AvgIpc) is 3.20. The highest BCUT2D eigenvalue weighted by Gasteiger charge is 2.42. The number of hydrogen-bond donors (Lipinski definition) is 1. The highest BCUT2D eigenvalue weighted by Crippen LogP contribution is 2.42. The number of amides is 1. The van der Waals surface area contributed by atoms with Crippen molar-refractivity contribution in [1.29, 1.82) is 0 Å². The molecule has 1 atom stereocenters. The molecular weight excluding hydrogens is 356 g/mol. The van der Waals surface area contributed by atoms with Crippen LogP contribution in [0.5, 0.6) is 5.75 Å². The predicted octanol–water partition coefficient (Wildman–Crippen LogP) is 5.22. The minimum absolute atomic E-state index is 0.0363. The fourth-order valence-electron chi connectivity index (χ4n) is 3.71. The van der Waals surface area contributed by atoms with Crippen molar-refractivity contribution in [1.82, 2.24) is 0 Å². The van der Waals surface area contributed by atoms with E-state index in [4.69, 9.17) is 4.74 Å². The standard InChI is InChI=1S/C22H26N2O4/c1-3-16(2)28-20-12-8-18(9-13-20)23-21(25)22(14-4-5-15-22)17-6-10-19(11-7-17)24(26)27/h6-13,16H,3-5,14-15H2,1-2H3,(H,23,25). The molecular formula is C22H26N2O4. The third-order valence-corrected chi connectivity index (χ3v) is 5.55. The van der Waals surface area contributed by atoms with Gasteiger partial charge in [-0.05, 0) is 56.0 Å². The molecule has 2 aromatic rings. The van der Waals surface area contributed by atoms with E-state index in [1.165, 1.54) is 12.1 Å². The molecule has 0 radical (unpaired) electrons. The number of non-ortho nitro benzene ring substituents is 1. The summed E-state index contributed by atoms with van der Waals surface area (Å²) in [6, 6.07) is 13.8. The van der Waals surface area contributed by atoms with Crippen molar-refractivity contribution in [2.75, 3.05) is 5.32 Å². The Balaban J connectivity index is 1.77. The SMILES string of the molecule is CCC(C)Oc1ccc(NC(=O)C2(c3ccc([N+](=O)[O-])cc3)CCCC2)cc1. The first-order valence-corrected chi connectivity index (χ1v) is 9.78. The first-order chi connectivity index (χ1) is 13.4. The zero-order valence-electron chi connectivity index (χ0n) is 16.3. The van der Waals surface area contributed by atoms with Crippen LogP contribution in [0.2, 0.25) is 0 Å². The molecule has 1 amide bonds. The lowest BCUT2D eigenvalue weighted by molar-refractivity contribution is -0.384. The molecule has 0 spiro atoms. The highest BCUT2D eigenvalue weighted by molar-refractivity contribution is 5.99. The molecule has 1 aliphatic rings. The summed E-state index contributed by atoms with van der Waals surface area (Å²) in [5, 5.41) is 13.9. The fraction of sp³-hybridized carbons (Fsp3) is 0.409.